The molecule has 6 heteroatoms. The first kappa shape index (κ1) is 21.3. The smallest absolute Gasteiger partial charge is 0.205 e. The van der Waals surface area contributed by atoms with E-state index in [-0.39, 0.29) is 17.9 Å². The number of phenolic OH excluding ortho intramolecular Hbond substituents is 1. The first-order valence-corrected chi connectivity index (χ1v) is 10.7. The van der Waals surface area contributed by atoms with Gasteiger partial charge in [0.25, 0.3) is 0 Å². The van der Waals surface area contributed by atoms with Gasteiger partial charge in [-0.15, -0.1) is 0 Å². The van der Waals surface area contributed by atoms with Crippen molar-refractivity contribution in [2.24, 2.45) is 0 Å². The van der Waals surface area contributed by atoms with E-state index in [0.717, 1.165) is 33.4 Å². The van der Waals surface area contributed by atoms with Crippen LogP contribution in [0.25, 0.3) is 0 Å². The number of halogens is 1. The minimum atomic E-state index is -2.09. The van der Waals surface area contributed by atoms with Crippen molar-refractivity contribution < 1.29 is 24.0 Å². The number of aromatic hydroxyl groups is 1. The van der Waals surface area contributed by atoms with Crippen LogP contribution < -0.4 is 4.74 Å². The van der Waals surface area contributed by atoms with E-state index in [1.165, 1.54) is 12.1 Å². The van der Waals surface area contributed by atoms with Crippen molar-refractivity contribution in [2.45, 2.75) is 26.7 Å². The van der Waals surface area contributed by atoms with Crippen LogP contribution in [-0.4, -0.2) is 21.2 Å². The van der Waals surface area contributed by atoms with Crippen molar-refractivity contribution in [1.29, 1.82) is 0 Å². The molecule has 0 radical (unpaired) electrons. The van der Waals surface area contributed by atoms with Gasteiger partial charge < -0.3 is 19.6 Å². The van der Waals surface area contributed by atoms with Crippen LogP contribution in [-0.2, 0) is 12.8 Å². The molecule has 0 bridgehead atoms. The van der Waals surface area contributed by atoms with Gasteiger partial charge in [-0.3, -0.25) is 0 Å². The average Bonchev–Trinajstić information content (AvgIpc) is 2.67. The Hall–Kier alpha value is -2.46. The molecule has 4 nitrogen and oxygen atoms in total. The molecule has 3 rings (SSSR count). The van der Waals surface area contributed by atoms with Crippen molar-refractivity contribution in [2.75, 3.05) is 6.35 Å². The molecule has 0 atom stereocenters. The molecule has 3 aromatic rings. The maximum absolute atomic E-state index is 13.1. The maximum atomic E-state index is 13.1. The molecule has 0 saturated carbocycles. The number of ether oxygens (including phenoxy) is 1. The van der Waals surface area contributed by atoms with E-state index in [9.17, 15) is 9.50 Å². The fourth-order valence-electron chi connectivity index (χ4n) is 3.36. The van der Waals surface area contributed by atoms with Crippen LogP contribution in [0.1, 0.15) is 33.4 Å². The van der Waals surface area contributed by atoms with Crippen LogP contribution in [0.3, 0.4) is 0 Å². The molecule has 0 unspecified atom stereocenters. The van der Waals surface area contributed by atoms with Gasteiger partial charge in [0.15, 0.2) is 6.35 Å². The Labute approximate surface area is 171 Å². The zero-order chi connectivity index (χ0) is 21.0. The zero-order valence-electron chi connectivity index (χ0n) is 16.4. The van der Waals surface area contributed by atoms with Crippen molar-refractivity contribution >= 4 is 8.38 Å². The first-order chi connectivity index (χ1) is 13.8. The summed E-state index contributed by atoms with van der Waals surface area (Å²) in [7, 11) is -2.09. The highest BCUT2D eigenvalue weighted by Crippen LogP contribution is 2.29. The third-order valence-corrected chi connectivity index (χ3v) is 5.21. The van der Waals surface area contributed by atoms with Crippen LogP contribution in [0.2, 0.25) is 0 Å². The van der Waals surface area contributed by atoms with Gasteiger partial charge in [0.1, 0.15) is 17.3 Å². The molecule has 29 heavy (non-hydrogen) atoms. The normalized spacial score (nSPS) is 11.1. The van der Waals surface area contributed by atoms with Crippen molar-refractivity contribution in [1.82, 2.24) is 0 Å². The molecular weight excluding hydrogens is 390 g/mol. The summed E-state index contributed by atoms with van der Waals surface area (Å²) >= 11 is 0. The van der Waals surface area contributed by atoms with Gasteiger partial charge >= 0.3 is 0 Å². The van der Waals surface area contributed by atoms with Gasteiger partial charge in [0.2, 0.25) is 8.38 Å². The minimum Gasteiger partial charge on any atom is -0.508 e. The SMILES string of the molecule is Cc1cc(OCP(O)O)cc(C)c1Cc1ccc(O)c(Cc2ccc(F)cc2)c1. The lowest BCUT2D eigenvalue weighted by molar-refractivity contribution is 0.347. The Bertz CT molecular complexity index is 964. The second-order valence-electron chi connectivity index (χ2n) is 7.12. The number of hydrogen-bond donors (Lipinski definition) is 3. The predicted octanol–water partition coefficient (Wildman–Crippen LogP) is 4.96. The largest absolute Gasteiger partial charge is 0.508 e. The molecule has 0 amide bonds. The Morgan fingerprint density at radius 3 is 2.10 bits per heavy atom. The number of rotatable bonds is 7. The fourth-order valence-corrected chi connectivity index (χ4v) is 3.63. The van der Waals surface area contributed by atoms with E-state index in [1.807, 2.05) is 38.1 Å². The Morgan fingerprint density at radius 2 is 1.48 bits per heavy atom. The fraction of sp³-hybridized carbons (Fsp3) is 0.217. The van der Waals surface area contributed by atoms with Gasteiger partial charge in [0, 0.05) is 6.42 Å². The van der Waals surface area contributed by atoms with Gasteiger partial charge in [-0.2, -0.15) is 0 Å². The maximum Gasteiger partial charge on any atom is 0.205 e. The van der Waals surface area contributed by atoms with Gasteiger partial charge in [0.05, 0.1) is 0 Å². The molecule has 0 aromatic heterocycles. The standard InChI is InChI=1S/C23H24FO4P/c1-15-9-21(28-14-29(26)27)10-16(2)22(15)13-18-5-8-23(25)19(12-18)11-17-3-6-20(24)7-4-17/h3-10,12,25-27H,11,13-14H2,1-2H3. The predicted molar refractivity (Wildman–Crippen MR) is 113 cm³/mol. The Balaban J connectivity index is 1.80. The second-order valence-corrected chi connectivity index (χ2v) is 8.13. The highest BCUT2D eigenvalue weighted by molar-refractivity contribution is 7.44. The lowest BCUT2D eigenvalue weighted by Gasteiger charge is -2.15. The van der Waals surface area contributed by atoms with Crippen LogP contribution in [0.15, 0.2) is 54.6 Å². The molecule has 3 aromatic carbocycles. The summed E-state index contributed by atoms with van der Waals surface area (Å²) in [6.45, 7) is 3.99. The number of benzene rings is 3. The Kier molecular flexibility index (Phi) is 6.86. The quantitative estimate of drug-likeness (QED) is 0.478. The van der Waals surface area contributed by atoms with Crippen LogP contribution in [0.4, 0.5) is 4.39 Å². The van der Waals surface area contributed by atoms with E-state index in [2.05, 4.69) is 0 Å². The average molecular weight is 414 g/mol. The van der Waals surface area contributed by atoms with E-state index in [1.54, 1.807) is 18.2 Å². The summed E-state index contributed by atoms with van der Waals surface area (Å²) < 4.78 is 18.5. The monoisotopic (exact) mass is 414 g/mol. The molecule has 0 aliphatic carbocycles. The van der Waals surface area contributed by atoms with Crippen molar-refractivity contribution in [3.8, 4) is 11.5 Å². The number of phenols is 1. The highest BCUT2D eigenvalue weighted by atomic mass is 31.2. The summed E-state index contributed by atoms with van der Waals surface area (Å²) in [6.07, 6.45) is 1.11. The summed E-state index contributed by atoms with van der Waals surface area (Å²) in [5.41, 5.74) is 6.05. The lowest BCUT2D eigenvalue weighted by Crippen LogP contribution is -2.01. The molecule has 0 saturated heterocycles. The van der Waals surface area contributed by atoms with E-state index < -0.39 is 8.38 Å². The van der Waals surface area contributed by atoms with E-state index >= 15 is 0 Å². The van der Waals surface area contributed by atoms with Gasteiger partial charge in [-0.05, 0) is 84.0 Å². The molecule has 0 aliphatic heterocycles. The van der Waals surface area contributed by atoms with Crippen molar-refractivity contribution in [3.63, 3.8) is 0 Å². The number of aryl methyl sites for hydroxylation is 2. The third-order valence-electron chi connectivity index (χ3n) is 4.85. The lowest BCUT2D eigenvalue weighted by atomic mass is 9.93. The van der Waals surface area contributed by atoms with Crippen LogP contribution >= 0.6 is 8.38 Å². The molecular formula is C23H24FO4P. The Morgan fingerprint density at radius 1 is 0.862 bits per heavy atom. The molecule has 0 aliphatic rings. The second kappa shape index (κ2) is 9.36. The molecule has 0 fully saturated rings. The molecule has 0 heterocycles. The highest BCUT2D eigenvalue weighted by Gasteiger charge is 2.11. The van der Waals surface area contributed by atoms with Crippen molar-refractivity contribution in [3.05, 3.63) is 93.8 Å². The summed E-state index contributed by atoms with van der Waals surface area (Å²) in [4.78, 5) is 18.1. The van der Waals surface area contributed by atoms with Gasteiger partial charge in [-0.1, -0.05) is 24.3 Å². The molecule has 0 spiro atoms. The van der Waals surface area contributed by atoms with Crippen LogP contribution in [0, 0.1) is 19.7 Å². The van der Waals surface area contributed by atoms with E-state index in [4.69, 9.17) is 14.5 Å². The summed E-state index contributed by atoms with van der Waals surface area (Å²) in [5, 5.41) is 10.2. The van der Waals surface area contributed by atoms with Gasteiger partial charge in [-0.25, -0.2) is 4.39 Å². The first-order valence-electron chi connectivity index (χ1n) is 9.25. The summed E-state index contributed by atoms with van der Waals surface area (Å²) in [6, 6.07) is 15.6. The molecule has 3 N–H and O–H groups in total. The van der Waals surface area contributed by atoms with Crippen LogP contribution in [0.5, 0.6) is 11.5 Å². The summed E-state index contributed by atoms with van der Waals surface area (Å²) in [5.74, 6) is 0.557. The third kappa shape index (κ3) is 5.77. The minimum absolute atomic E-state index is 0.113. The van der Waals surface area contributed by atoms with E-state index in [0.29, 0.717) is 18.6 Å². The number of hydrogen-bond acceptors (Lipinski definition) is 4. The zero-order valence-corrected chi connectivity index (χ0v) is 17.3. The molecule has 152 valence electrons. The topological polar surface area (TPSA) is 69.9 Å².